The Bertz CT molecular complexity index is 627. The predicted molar refractivity (Wildman–Crippen MR) is 69.5 cm³/mol. The molecular formula is C15H11F2NO2. The van der Waals surface area contributed by atoms with Gasteiger partial charge in [-0.15, -0.1) is 0 Å². The SMILES string of the molecule is O=C(Nc1c(F)cccc1F)C1Cc2ccccc2O1. The normalized spacial score (nSPS) is 16.4. The van der Waals surface area contributed by atoms with Crippen LogP contribution in [0.5, 0.6) is 5.75 Å². The monoisotopic (exact) mass is 275 g/mol. The molecule has 0 aliphatic carbocycles. The van der Waals surface area contributed by atoms with Gasteiger partial charge in [0.15, 0.2) is 6.10 Å². The van der Waals surface area contributed by atoms with Crippen LogP contribution in [-0.4, -0.2) is 12.0 Å². The Kier molecular flexibility index (Phi) is 3.10. The number of ether oxygens (including phenoxy) is 1. The zero-order valence-electron chi connectivity index (χ0n) is 10.4. The quantitative estimate of drug-likeness (QED) is 0.915. The highest BCUT2D eigenvalue weighted by atomic mass is 19.1. The summed E-state index contributed by atoms with van der Waals surface area (Å²) in [5.74, 6) is -1.56. The molecule has 102 valence electrons. The molecule has 3 rings (SSSR count). The number of hydrogen-bond donors (Lipinski definition) is 1. The lowest BCUT2D eigenvalue weighted by molar-refractivity contribution is -0.122. The molecule has 1 amide bonds. The van der Waals surface area contributed by atoms with E-state index in [1.54, 1.807) is 12.1 Å². The maximum absolute atomic E-state index is 13.5. The summed E-state index contributed by atoms with van der Waals surface area (Å²) in [6, 6.07) is 10.7. The van der Waals surface area contributed by atoms with Crippen LogP contribution in [0.15, 0.2) is 42.5 Å². The van der Waals surface area contributed by atoms with Crippen LogP contribution in [0, 0.1) is 11.6 Å². The maximum Gasteiger partial charge on any atom is 0.265 e. The first-order chi connectivity index (χ1) is 9.65. The van der Waals surface area contributed by atoms with E-state index in [1.807, 2.05) is 12.1 Å². The van der Waals surface area contributed by atoms with Crippen LogP contribution < -0.4 is 10.1 Å². The number of benzene rings is 2. The van der Waals surface area contributed by atoms with Crippen LogP contribution in [0.3, 0.4) is 0 Å². The molecule has 20 heavy (non-hydrogen) atoms. The van der Waals surface area contributed by atoms with Gasteiger partial charge in [-0.25, -0.2) is 8.78 Å². The van der Waals surface area contributed by atoms with Crippen molar-refractivity contribution in [3.05, 3.63) is 59.7 Å². The van der Waals surface area contributed by atoms with Crippen LogP contribution in [0.2, 0.25) is 0 Å². The van der Waals surface area contributed by atoms with Crippen molar-refractivity contribution in [2.24, 2.45) is 0 Å². The molecule has 3 nitrogen and oxygen atoms in total. The molecule has 0 spiro atoms. The number of fused-ring (bicyclic) bond motifs is 1. The fourth-order valence-electron chi connectivity index (χ4n) is 2.15. The molecule has 1 atom stereocenters. The van der Waals surface area contributed by atoms with Gasteiger partial charge in [-0.2, -0.15) is 0 Å². The Labute approximate surface area is 114 Å². The van der Waals surface area contributed by atoms with Crippen molar-refractivity contribution in [3.8, 4) is 5.75 Å². The molecule has 0 aromatic heterocycles. The minimum Gasteiger partial charge on any atom is -0.480 e. The van der Waals surface area contributed by atoms with E-state index in [4.69, 9.17) is 4.74 Å². The highest BCUT2D eigenvalue weighted by molar-refractivity contribution is 5.95. The Hall–Kier alpha value is -2.43. The van der Waals surface area contributed by atoms with Gasteiger partial charge in [0, 0.05) is 6.42 Å². The van der Waals surface area contributed by atoms with E-state index in [-0.39, 0.29) is 0 Å². The van der Waals surface area contributed by atoms with Crippen molar-refractivity contribution in [2.75, 3.05) is 5.32 Å². The number of anilines is 1. The standard InChI is InChI=1S/C15H11F2NO2/c16-10-5-3-6-11(17)14(10)18-15(19)13-8-9-4-1-2-7-12(9)20-13/h1-7,13H,8H2,(H,18,19). The molecule has 1 N–H and O–H groups in total. The third kappa shape index (κ3) is 2.22. The number of para-hydroxylation sites is 2. The molecule has 1 unspecified atom stereocenters. The van der Waals surface area contributed by atoms with E-state index in [0.29, 0.717) is 12.2 Å². The van der Waals surface area contributed by atoms with E-state index >= 15 is 0 Å². The van der Waals surface area contributed by atoms with Crippen molar-refractivity contribution in [1.82, 2.24) is 0 Å². The summed E-state index contributed by atoms with van der Waals surface area (Å²) in [5, 5.41) is 2.24. The average Bonchev–Trinajstić information content (AvgIpc) is 2.87. The minimum atomic E-state index is -0.811. The highest BCUT2D eigenvalue weighted by Crippen LogP contribution is 2.29. The number of hydrogen-bond acceptors (Lipinski definition) is 2. The number of carbonyl (C=O) groups is 1. The van der Waals surface area contributed by atoms with Crippen LogP contribution in [0.4, 0.5) is 14.5 Å². The number of rotatable bonds is 2. The Morgan fingerprint density at radius 1 is 1.10 bits per heavy atom. The summed E-state index contributed by atoms with van der Waals surface area (Å²) in [7, 11) is 0. The van der Waals surface area contributed by atoms with Gasteiger partial charge in [-0.3, -0.25) is 4.79 Å². The second kappa shape index (κ2) is 4.92. The third-order valence-corrected chi connectivity index (χ3v) is 3.15. The fraction of sp³-hybridized carbons (Fsp3) is 0.133. The molecule has 2 aromatic carbocycles. The predicted octanol–water partition coefficient (Wildman–Crippen LogP) is 2.91. The number of nitrogens with one attached hydrogen (secondary N) is 1. The molecule has 0 fully saturated rings. The molecule has 0 saturated heterocycles. The first-order valence-electron chi connectivity index (χ1n) is 6.14. The van der Waals surface area contributed by atoms with E-state index in [9.17, 15) is 13.6 Å². The van der Waals surface area contributed by atoms with Gasteiger partial charge in [0.05, 0.1) is 0 Å². The summed E-state index contributed by atoms with van der Waals surface area (Å²) >= 11 is 0. The summed E-state index contributed by atoms with van der Waals surface area (Å²) in [4.78, 5) is 12.0. The Balaban J connectivity index is 1.76. The fourth-order valence-corrected chi connectivity index (χ4v) is 2.15. The zero-order valence-corrected chi connectivity index (χ0v) is 10.4. The molecule has 2 aromatic rings. The van der Waals surface area contributed by atoms with Gasteiger partial charge in [0.25, 0.3) is 5.91 Å². The zero-order chi connectivity index (χ0) is 14.1. The third-order valence-electron chi connectivity index (χ3n) is 3.15. The van der Waals surface area contributed by atoms with Gasteiger partial charge in [0.2, 0.25) is 0 Å². The second-order valence-electron chi connectivity index (χ2n) is 4.50. The largest absolute Gasteiger partial charge is 0.480 e. The van der Waals surface area contributed by atoms with E-state index in [1.165, 1.54) is 6.07 Å². The molecule has 1 aliphatic rings. The highest BCUT2D eigenvalue weighted by Gasteiger charge is 2.29. The topological polar surface area (TPSA) is 38.3 Å². The van der Waals surface area contributed by atoms with Crippen LogP contribution in [0.25, 0.3) is 0 Å². The van der Waals surface area contributed by atoms with E-state index in [0.717, 1.165) is 17.7 Å². The molecule has 5 heteroatoms. The van der Waals surface area contributed by atoms with Crippen molar-refractivity contribution >= 4 is 11.6 Å². The first-order valence-corrected chi connectivity index (χ1v) is 6.14. The number of carbonyl (C=O) groups excluding carboxylic acids is 1. The molecule has 1 heterocycles. The molecular weight excluding hydrogens is 264 g/mol. The van der Waals surface area contributed by atoms with Crippen LogP contribution in [0.1, 0.15) is 5.56 Å². The van der Waals surface area contributed by atoms with Gasteiger partial charge in [0.1, 0.15) is 23.1 Å². The lowest BCUT2D eigenvalue weighted by Crippen LogP contribution is -2.32. The smallest absolute Gasteiger partial charge is 0.265 e. The van der Waals surface area contributed by atoms with Gasteiger partial charge in [-0.1, -0.05) is 24.3 Å². The first kappa shape index (κ1) is 12.6. The lowest BCUT2D eigenvalue weighted by atomic mass is 10.1. The van der Waals surface area contributed by atoms with Crippen molar-refractivity contribution in [2.45, 2.75) is 12.5 Å². The number of amides is 1. The van der Waals surface area contributed by atoms with Gasteiger partial charge < -0.3 is 10.1 Å². The van der Waals surface area contributed by atoms with Crippen molar-refractivity contribution in [1.29, 1.82) is 0 Å². The van der Waals surface area contributed by atoms with E-state index in [2.05, 4.69) is 5.32 Å². The van der Waals surface area contributed by atoms with Gasteiger partial charge in [-0.05, 0) is 23.8 Å². The Morgan fingerprint density at radius 2 is 1.80 bits per heavy atom. The molecule has 0 saturated carbocycles. The molecule has 0 radical (unpaired) electrons. The van der Waals surface area contributed by atoms with Gasteiger partial charge >= 0.3 is 0 Å². The maximum atomic E-state index is 13.5. The summed E-state index contributed by atoms with van der Waals surface area (Å²) in [6.07, 6.45) is -0.385. The van der Waals surface area contributed by atoms with Crippen LogP contribution in [-0.2, 0) is 11.2 Å². The number of halogens is 2. The van der Waals surface area contributed by atoms with E-state index < -0.39 is 29.3 Å². The molecule has 1 aliphatic heterocycles. The average molecular weight is 275 g/mol. The molecule has 0 bridgehead atoms. The second-order valence-corrected chi connectivity index (χ2v) is 4.50. The summed E-state index contributed by atoms with van der Waals surface area (Å²) in [6.45, 7) is 0. The minimum absolute atomic E-state index is 0.387. The summed E-state index contributed by atoms with van der Waals surface area (Å²) < 4.78 is 32.4. The van der Waals surface area contributed by atoms with Crippen LogP contribution >= 0.6 is 0 Å². The summed E-state index contributed by atoms with van der Waals surface area (Å²) in [5.41, 5.74) is 0.457. The lowest BCUT2D eigenvalue weighted by Gasteiger charge is -2.12. The van der Waals surface area contributed by atoms with Crippen molar-refractivity contribution < 1.29 is 18.3 Å². The Morgan fingerprint density at radius 3 is 2.50 bits per heavy atom. The van der Waals surface area contributed by atoms with Crippen molar-refractivity contribution in [3.63, 3.8) is 0 Å².